The maximum atomic E-state index is 10.8. The predicted molar refractivity (Wildman–Crippen MR) is 65.7 cm³/mol. The first-order valence-electron chi connectivity index (χ1n) is 5.35. The van der Waals surface area contributed by atoms with Gasteiger partial charge in [0.15, 0.2) is 0 Å². The minimum Gasteiger partial charge on any atom is -0.481 e. The van der Waals surface area contributed by atoms with Crippen LogP contribution in [-0.2, 0) is 10.2 Å². The summed E-state index contributed by atoms with van der Waals surface area (Å²) in [5, 5.41) is 8.89. The third kappa shape index (κ3) is 2.51. The smallest absolute Gasteiger partial charge is 0.310 e. The normalized spacial score (nSPS) is 13.2. The fourth-order valence-electron chi connectivity index (χ4n) is 1.46. The number of carboxylic acids is 1. The largest absolute Gasteiger partial charge is 0.481 e. The van der Waals surface area contributed by atoms with Crippen LogP contribution in [0.3, 0.4) is 0 Å². The van der Waals surface area contributed by atoms with E-state index in [-0.39, 0.29) is 5.41 Å². The van der Waals surface area contributed by atoms with Crippen LogP contribution in [0.4, 0.5) is 0 Å². The highest BCUT2D eigenvalue weighted by atomic mass is 16.4. The molecule has 0 aliphatic heterocycles. The van der Waals surface area contributed by atoms with Gasteiger partial charge in [-0.1, -0.05) is 44.2 Å². The van der Waals surface area contributed by atoms with Gasteiger partial charge in [0.25, 0.3) is 0 Å². The molecule has 1 rings (SSSR count). The summed E-state index contributed by atoms with van der Waals surface area (Å²) in [4.78, 5) is 10.8. The average molecular weight is 218 g/mol. The van der Waals surface area contributed by atoms with Gasteiger partial charge in [0.2, 0.25) is 0 Å². The highest BCUT2D eigenvalue weighted by molar-refractivity contribution is 5.75. The zero-order valence-electron chi connectivity index (χ0n) is 10.0. The Morgan fingerprint density at radius 1 is 1.38 bits per heavy atom. The van der Waals surface area contributed by atoms with Crippen molar-refractivity contribution in [3.63, 3.8) is 0 Å². The molecule has 0 aromatic heterocycles. The lowest BCUT2D eigenvalue weighted by Gasteiger charge is -2.21. The molecule has 0 bridgehead atoms. The summed E-state index contributed by atoms with van der Waals surface area (Å²) in [6, 6.07) is 7.69. The highest BCUT2D eigenvalue weighted by Gasteiger charge is 2.18. The number of hydrogen-bond acceptors (Lipinski definition) is 1. The van der Waals surface area contributed by atoms with Crippen molar-refractivity contribution in [3.05, 3.63) is 48.0 Å². The number of hydrogen-bond donors (Lipinski definition) is 1. The van der Waals surface area contributed by atoms with Crippen LogP contribution in [0.1, 0.15) is 37.8 Å². The Kier molecular flexibility index (Phi) is 3.53. The zero-order valence-corrected chi connectivity index (χ0v) is 10.0. The summed E-state index contributed by atoms with van der Waals surface area (Å²) in [7, 11) is 0. The fourth-order valence-corrected chi connectivity index (χ4v) is 1.46. The van der Waals surface area contributed by atoms with Crippen molar-refractivity contribution in [2.24, 2.45) is 0 Å². The number of carboxylic acid groups (broad SMARTS) is 1. The van der Waals surface area contributed by atoms with Crippen LogP contribution in [0.2, 0.25) is 0 Å². The van der Waals surface area contributed by atoms with Crippen molar-refractivity contribution in [2.45, 2.75) is 32.1 Å². The standard InChI is InChI=1S/C14H18O2/c1-5-14(3,4)12-8-6-11(7-9-12)10(2)13(15)16/h5-10H,1H2,2-4H3,(H,15,16). The molecule has 0 aliphatic rings. The summed E-state index contributed by atoms with van der Waals surface area (Å²) in [5.74, 6) is -1.25. The Bertz CT molecular complexity index is 388. The van der Waals surface area contributed by atoms with Gasteiger partial charge >= 0.3 is 5.97 Å². The van der Waals surface area contributed by atoms with Gasteiger partial charge in [-0.25, -0.2) is 0 Å². The minimum atomic E-state index is -0.796. The summed E-state index contributed by atoms with van der Waals surface area (Å²) < 4.78 is 0. The van der Waals surface area contributed by atoms with Gasteiger partial charge in [-0.05, 0) is 18.1 Å². The molecule has 2 nitrogen and oxygen atoms in total. The molecule has 0 spiro atoms. The van der Waals surface area contributed by atoms with Crippen LogP contribution in [0, 0.1) is 0 Å². The topological polar surface area (TPSA) is 37.3 Å². The van der Waals surface area contributed by atoms with Crippen LogP contribution < -0.4 is 0 Å². The number of carbonyl (C=O) groups is 1. The molecule has 0 saturated heterocycles. The first-order chi connectivity index (χ1) is 7.38. The van der Waals surface area contributed by atoms with Gasteiger partial charge in [-0.15, -0.1) is 6.58 Å². The fraction of sp³-hybridized carbons (Fsp3) is 0.357. The van der Waals surface area contributed by atoms with E-state index in [1.165, 1.54) is 0 Å². The molecule has 16 heavy (non-hydrogen) atoms. The number of rotatable bonds is 4. The van der Waals surface area contributed by atoms with E-state index in [1.807, 2.05) is 30.3 Å². The summed E-state index contributed by atoms with van der Waals surface area (Å²) >= 11 is 0. The van der Waals surface area contributed by atoms with Crippen molar-refractivity contribution in [1.82, 2.24) is 0 Å². The average Bonchev–Trinajstić information content (AvgIpc) is 2.28. The molecule has 1 aromatic carbocycles. The number of allylic oxidation sites excluding steroid dienone is 1. The molecule has 1 aromatic rings. The van der Waals surface area contributed by atoms with Gasteiger partial charge in [-0.2, -0.15) is 0 Å². The van der Waals surface area contributed by atoms with Gasteiger partial charge in [-0.3, -0.25) is 4.79 Å². The molecule has 0 saturated carbocycles. The first-order valence-corrected chi connectivity index (χ1v) is 5.35. The molecular weight excluding hydrogens is 200 g/mol. The molecule has 0 radical (unpaired) electrons. The van der Waals surface area contributed by atoms with E-state index in [0.717, 1.165) is 11.1 Å². The van der Waals surface area contributed by atoms with Gasteiger partial charge in [0, 0.05) is 5.41 Å². The Morgan fingerprint density at radius 3 is 2.25 bits per heavy atom. The second-order valence-corrected chi connectivity index (χ2v) is 4.61. The van der Waals surface area contributed by atoms with Crippen molar-refractivity contribution >= 4 is 5.97 Å². The van der Waals surface area contributed by atoms with Crippen molar-refractivity contribution in [2.75, 3.05) is 0 Å². The number of aliphatic carboxylic acids is 1. The van der Waals surface area contributed by atoms with E-state index in [9.17, 15) is 4.79 Å². The minimum absolute atomic E-state index is 0.0784. The Morgan fingerprint density at radius 2 is 1.88 bits per heavy atom. The van der Waals surface area contributed by atoms with E-state index >= 15 is 0 Å². The van der Waals surface area contributed by atoms with Crippen molar-refractivity contribution < 1.29 is 9.90 Å². The Labute approximate surface area is 96.6 Å². The SMILES string of the molecule is C=CC(C)(C)c1ccc(C(C)C(=O)O)cc1. The molecule has 0 aliphatic carbocycles. The van der Waals surface area contributed by atoms with E-state index < -0.39 is 11.9 Å². The van der Waals surface area contributed by atoms with Crippen molar-refractivity contribution in [3.8, 4) is 0 Å². The lowest BCUT2D eigenvalue weighted by Crippen LogP contribution is -2.13. The van der Waals surface area contributed by atoms with E-state index in [1.54, 1.807) is 6.92 Å². The third-order valence-electron chi connectivity index (χ3n) is 3.04. The molecule has 0 heterocycles. The zero-order chi connectivity index (χ0) is 12.3. The monoisotopic (exact) mass is 218 g/mol. The molecule has 2 heteroatoms. The molecule has 1 unspecified atom stereocenters. The van der Waals surface area contributed by atoms with Crippen LogP contribution in [0.5, 0.6) is 0 Å². The Balaban J connectivity index is 3.00. The molecule has 1 N–H and O–H groups in total. The number of benzene rings is 1. The van der Waals surface area contributed by atoms with Crippen LogP contribution in [-0.4, -0.2) is 11.1 Å². The van der Waals surface area contributed by atoms with Crippen LogP contribution in [0.15, 0.2) is 36.9 Å². The molecule has 86 valence electrons. The first kappa shape index (κ1) is 12.5. The maximum Gasteiger partial charge on any atom is 0.310 e. The second-order valence-electron chi connectivity index (χ2n) is 4.61. The van der Waals surface area contributed by atoms with Gasteiger partial charge in [0.05, 0.1) is 5.92 Å². The molecule has 1 atom stereocenters. The molecular formula is C14H18O2. The molecule has 0 fully saturated rings. The highest BCUT2D eigenvalue weighted by Crippen LogP contribution is 2.26. The van der Waals surface area contributed by atoms with Gasteiger partial charge in [0.1, 0.15) is 0 Å². The van der Waals surface area contributed by atoms with E-state index in [0.29, 0.717) is 0 Å². The summed E-state index contributed by atoms with van der Waals surface area (Å²) in [6.07, 6.45) is 1.89. The summed E-state index contributed by atoms with van der Waals surface area (Å²) in [6.45, 7) is 9.65. The predicted octanol–water partition coefficient (Wildman–Crippen LogP) is 3.34. The quantitative estimate of drug-likeness (QED) is 0.787. The summed E-state index contributed by atoms with van der Waals surface area (Å²) in [5.41, 5.74) is 1.89. The van der Waals surface area contributed by atoms with E-state index in [4.69, 9.17) is 5.11 Å². The Hall–Kier alpha value is -1.57. The lowest BCUT2D eigenvalue weighted by molar-refractivity contribution is -0.138. The second kappa shape index (κ2) is 4.52. The van der Waals surface area contributed by atoms with Crippen LogP contribution in [0.25, 0.3) is 0 Å². The van der Waals surface area contributed by atoms with Crippen LogP contribution >= 0.6 is 0 Å². The van der Waals surface area contributed by atoms with Gasteiger partial charge < -0.3 is 5.11 Å². The lowest BCUT2D eigenvalue weighted by atomic mass is 9.84. The third-order valence-corrected chi connectivity index (χ3v) is 3.04. The maximum absolute atomic E-state index is 10.8. The van der Waals surface area contributed by atoms with E-state index in [2.05, 4.69) is 20.4 Å². The molecule has 0 amide bonds. The van der Waals surface area contributed by atoms with Crippen molar-refractivity contribution in [1.29, 1.82) is 0 Å².